The Labute approximate surface area is 164 Å². The molecule has 2 aliphatic rings. The van der Waals surface area contributed by atoms with E-state index in [1.54, 1.807) is 4.90 Å². The fourth-order valence-corrected chi connectivity index (χ4v) is 3.27. The maximum Gasteiger partial charge on any atom is 0.338 e. The Hall–Kier alpha value is -2.41. The van der Waals surface area contributed by atoms with Gasteiger partial charge < -0.3 is 20.3 Å². The van der Waals surface area contributed by atoms with E-state index in [2.05, 4.69) is 10.6 Å². The molecular formula is C20H25N3O3S. The summed E-state index contributed by atoms with van der Waals surface area (Å²) >= 11 is 5.41. The van der Waals surface area contributed by atoms with Gasteiger partial charge >= 0.3 is 5.97 Å². The zero-order valence-electron chi connectivity index (χ0n) is 16.0. The molecule has 0 saturated heterocycles. The SMILES string of the molecule is CC1=C(C(=O)OC(C)C)[C@@H](c2cccc(NC(=O)C3CC3)c2)NC(=S)N1C. The number of allylic oxidation sites excluding steroid dienone is 1. The lowest BCUT2D eigenvalue weighted by atomic mass is 9.94. The number of hydrogen-bond acceptors (Lipinski definition) is 4. The molecule has 144 valence electrons. The van der Waals surface area contributed by atoms with Crippen LogP contribution in [0.15, 0.2) is 35.5 Å². The van der Waals surface area contributed by atoms with Gasteiger partial charge in [-0.25, -0.2) is 4.79 Å². The molecule has 1 fully saturated rings. The Morgan fingerprint density at radius 3 is 2.67 bits per heavy atom. The highest BCUT2D eigenvalue weighted by Gasteiger charge is 2.34. The molecule has 1 aliphatic carbocycles. The zero-order valence-corrected chi connectivity index (χ0v) is 16.9. The predicted molar refractivity (Wildman–Crippen MR) is 108 cm³/mol. The first kappa shape index (κ1) is 19.4. The lowest BCUT2D eigenvalue weighted by molar-refractivity contribution is -0.143. The monoisotopic (exact) mass is 387 g/mol. The Morgan fingerprint density at radius 1 is 1.33 bits per heavy atom. The number of carbonyl (C=O) groups is 2. The highest BCUT2D eigenvalue weighted by Crippen LogP contribution is 2.33. The van der Waals surface area contributed by atoms with Gasteiger partial charge in [0.2, 0.25) is 5.91 Å². The number of esters is 1. The van der Waals surface area contributed by atoms with Gasteiger partial charge in [0.25, 0.3) is 0 Å². The molecule has 3 rings (SSSR count). The van der Waals surface area contributed by atoms with Crippen molar-refractivity contribution in [1.29, 1.82) is 0 Å². The maximum absolute atomic E-state index is 12.8. The molecule has 27 heavy (non-hydrogen) atoms. The predicted octanol–water partition coefficient (Wildman–Crippen LogP) is 3.12. The van der Waals surface area contributed by atoms with Crippen LogP contribution in [0.5, 0.6) is 0 Å². The Kier molecular flexibility index (Phi) is 5.51. The van der Waals surface area contributed by atoms with Crippen LogP contribution < -0.4 is 10.6 Å². The number of carbonyl (C=O) groups excluding carboxylic acids is 2. The quantitative estimate of drug-likeness (QED) is 0.598. The molecular weight excluding hydrogens is 362 g/mol. The summed E-state index contributed by atoms with van der Waals surface area (Å²) in [4.78, 5) is 26.6. The molecule has 0 aromatic heterocycles. The van der Waals surface area contributed by atoms with E-state index in [4.69, 9.17) is 17.0 Å². The van der Waals surface area contributed by atoms with Crippen molar-refractivity contribution in [2.45, 2.75) is 45.8 Å². The summed E-state index contributed by atoms with van der Waals surface area (Å²) in [6.07, 6.45) is 1.68. The lowest BCUT2D eigenvalue weighted by Crippen LogP contribution is -2.46. The van der Waals surface area contributed by atoms with Gasteiger partial charge in [-0.15, -0.1) is 0 Å². The Bertz CT molecular complexity index is 814. The van der Waals surface area contributed by atoms with Crippen LogP contribution in [0, 0.1) is 5.92 Å². The summed E-state index contributed by atoms with van der Waals surface area (Å²) in [6.45, 7) is 5.50. The van der Waals surface area contributed by atoms with Gasteiger partial charge in [-0.05, 0) is 63.5 Å². The molecule has 6 nitrogen and oxygen atoms in total. The van der Waals surface area contributed by atoms with Crippen molar-refractivity contribution in [2.24, 2.45) is 5.92 Å². The topological polar surface area (TPSA) is 70.7 Å². The van der Waals surface area contributed by atoms with Crippen molar-refractivity contribution in [3.8, 4) is 0 Å². The zero-order chi connectivity index (χ0) is 19.7. The van der Waals surface area contributed by atoms with Crippen molar-refractivity contribution in [3.05, 3.63) is 41.1 Å². The molecule has 0 radical (unpaired) electrons. The number of hydrogen-bond donors (Lipinski definition) is 2. The van der Waals surface area contributed by atoms with Gasteiger partial charge in [0.1, 0.15) is 0 Å². The molecule has 1 saturated carbocycles. The van der Waals surface area contributed by atoms with Crippen LogP contribution in [0.25, 0.3) is 0 Å². The van der Waals surface area contributed by atoms with Crippen molar-refractivity contribution in [1.82, 2.24) is 10.2 Å². The number of nitrogens with zero attached hydrogens (tertiary/aromatic N) is 1. The Balaban J connectivity index is 1.93. The number of ether oxygens (including phenoxy) is 1. The average Bonchev–Trinajstić information content (AvgIpc) is 3.44. The first-order valence-corrected chi connectivity index (χ1v) is 9.55. The maximum atomic E-state index is 12.8. The van der Waals surface area contributed by atoms with Crippen LogP contribution in [0.1, 0.15) is 45.2 Å². The minimum absolute atomic E-state index is 0.0465. The second-order valence-electron chi connectivity index (χ2n) is 7.28. The summed E-state index contributed by atoms with van der Waals surface area (Å²) < 4.78 is 5.45. The average molecular weight is 388 g/mol. The van der Waals surface area contributed by atoms with Gasteiger partial charge in [0.05, 0.1) is 17.7 Å². The van der Waals surface area contributed by atoms with Crippen LogP contribution in [-0.2, 0) is 14.3 Å². The van der Waals surface area contributed by atoms with E-state index in [0.717, 1.165) is 24.1 Å². The third-order valence-electron chi connectivity index (χ3n) is 4.75. The fraction of sp³-hybridized carbons (Fsp3) is 0.450. The second-order valence-corrected chi connectivity index (χ2v) is 7.67. The van der Waals surface area contributed by atoms with Gasteiger partial charge in [-0.1, -0.05) is 12.1 Å². The number of thiocarbonyl (C=S) groups is 1. The molecule has 7 heteroatoms. The van der Waals surface area contributed by atoms with Crippen LogP contribution in [0.4, 0.5) is 5.69 Å². The molecule has 1 aromatic carbocycles. The molecule has 0 bridgehead atoms. The molecule has 1 aromatic rings. The van der Waals surface area contributed by atoms with E-state index in [0.29, 0.717) is 16.4 Å². The van der Waals surface area contributed by atoms with Gasteiger partial charge in [0.15, 0.2) is 5.11 Å². The number of benzene rings is 1. The van der Waals surface area contributed by atoms with E-state index in [-0.39, 0.29) is 23.9 Å². The molecule has 1 amide bonds. The fourth-order valence-electron chi connectivity index (χ4n) is 3.01. The van der Waals surface area contributed by atoms with Crippen LogP contribution in [0.3, 0.4) is 0 Å². The third kappa shape index (κ3) is 4.30. The van der Waals surface area contributed by atoms with E-state index in [9.17, 15) is 9.59 Å². The molecule has 1 atom stereocenters. The van der Waals surface area contributed by atoms with E-state index >= 15 is 0 Å². The van der Waals surface area contributed by atoms with Crippen LogP contribution in [-0.4, -0.2) is 35.0 Å². The molecule has 2 N–H and O–H groups in total. The van der Waals surface area contributed by atoms with E-state index < -0.39 is 6.04 Å². The van der Waals surface area contributed by atoms with Gasteiger partial charge in [-0.3, -0.25) is 4.79 Å². The first-order valence-electron chi connectivity index (χ1n) is 9.14. The third-order valence-corrected chi connectivity index (χ3v) is 5.14. The van der Waals surface area contributed by atoms with E-state index in [1.165, 1.54) is 0 Å². The summed E-state index contributed by atoms with van der Waals surface area (Å²) in [6, 6.07) is 7.06. The van der Waals surface area contributed by atoms with Gasteiger partial charge in [0, 0.05) is 24.4 Å². The highest BCUT2D eigenvalue weighted by molar-refractivity contribution is 7.80. The normalized spacial score (nSPS) is 19.8. The molecule has 1 aliphatic heterocycles. The second kappa shape index (κ2) is 7.68. The minimum atomic E-state index is -0.433. The van der Waals surface area contributed by atoms with E-state index in [1.807, 2.05) is 52.1 Å². The van der Waals surface area contributed by atoms with Crippen molar-refractivity contribution >= 4 is 34.9 Å². The van der Waals surface area contributed by atoms with Gasteiger partial charge in [-0.2, -0.15) is 0 Å². The van der Waals surface area contributed by atoms with Crippen LogP contribution >= 0.6 is 12.2 Å². The summed E-state index contributed by atoms with van der Waals surface area (Å²) in [5.74, 6) is -0.201. The number of anilines is 1. The molecule has 1 heterocycles. The number of nitrogens with one attached hydrogen (secondary N) is 2. The summed E-state index contributed by atoms with van der Waals surface area (Å²) in [5.41, 5.74) is 2.83. The number of amides is 1. The number of rotatable bonds is 5. The highest BCUT2D eigenvalue weighted by atomic mass is 32.1. The van der Waals surface area contributed by atoms with Crippen LogP contribution in [0.2, 0.25) is 0 Å². The van der Waals surface area contributed by atoms with Crippen molar-refractivity contribution in [2.75, 3.05) is 12.4 Å². The summed E-state index contributed by atoms with van der Waals surface area (Å²) in [7, 11) is 1.82. The lowest BCUT2D eigenvalue weighted by Gasteiger charge is -2.35. The standard InChI is InChI=1S/C20H25N3O3S/c1-11(2)26-19(25)16-12(3)23(4)20(27)22-17(16)14-6-5-7-15(10-14)21-18(24)13-8-9-13/h5-7,10-11,13,17H,8-9H2,1-4H3,(H,21,24)(H,22,27)/t17-/m1/s1. The van der Waals surface area contributed by atoms with Crippen molar-refractivity contribution in [3.63, 3.8) is 0 Å². The molecule has 0 unspecified atom stereocenters. The summed E-state index contributed by atoms with van der Waals surface area (Å²) in [5, 5.41) is 6.70. The first-order chi connectivity index (χ1) is 12.8. The molecule has 0 spiro atoms. The minimum Gasteiger partial charge on any atom is -0.459 e. The van der Waals surface area contributed by atoms with Crippen molar-refractivity contribution < 1.29 is 14.3 Å². The Morgan fingerprint density at radius 2 is 2.04 bits per heavy atom. The smallest absolute Gasteiger partial charge is 0.338 e. The largest absolute Gasteiger partial charge is 0.459 e.